The van der Waals surface area contributed by atoms with Crippen LogP contribution >= 0.6 is 0 Å². The van der Waals surface area contributed by atoms with Gasteiger partial charge in [-0.3, -0.25) is 0 Å². The van der Waals surface area contributed by atoms with Crippen molar-refractivity contribution in [3.63, 3.8) is 0 Å². The number of rotatable bonds is 1. The highest BCUT2D eigenvalue weighted by Crippen LogP contribution is 2.26. The Bertz CT molecular complexity index is 252. The van der Waals surface area contributed by atoms with Crippen LogP contribution in [-0.4, -0.2) is 33.8 Å². The maximum atomic E-state index is 6.16. The molecule has 1 fully saturated rings. The third kappa shape index (κ3) is 1.68. The first kappa shape index (κ1) is 8.58. The van der Waals surface area contributed by atoms with E-state index in [1.807, 2.05) is 0 Å². The first-order valence-corrected chi connectivity index (χ1v) is 4.42. The van der Waals surface area contributed by atoms with Crippen LogP contribution in [0, 0.1) is 0 Å². The largest absolute Gasteiger partial charge is 0.381 e. The average molecular weight is 183 g/mol. The lowest BCUT2D eigenvalue weighted by atomic mass is 9.91. The van der Waals surface area contributed by atoms with E-state index in [0.717, 1.165) is 25.9 Å². The van der Waals surface area contributed by atoms with Gasteiger partial charge in [0.15, 0.2) is 5.82 Å². The van der Waals surface area contributed by atoms with Crippen LogP contribution in [0.4, 0.5) is 0 Å². The van der Waals surface area contributed by atoms with Crippen molar-refractivity contribution in [2.45, 2.75) is 24.8 Å². The molecule has 1 aliphatic heterocycles. The molecule has 2 heterocycles. The fourth-order valence-corrected chi connectivity index (χ4v) is 1.57. The van der Waals surface area contributed by atoms with Crippen molar-refractivity contribution in [1.29, 1.82) is 0 Å². The molecule has 1 unspecified atom stereocenters. The smallest absolute Gasteiger partial charge is 0.194 e. The quantitative estimate of drug-likeness (QED) is 0.615. The molecule has 6 nitrogen and oxygen atoms in total. The van der Waals surface area contributed by atoms with Crippen LogP contribution in [0.5, 0.6) is 0 Å². The summed E-state index contributed by atoms with van der Waals surface area (Å²) in [4.78, 5) is 0. The zero-order valence-electron chi connectivity index (χ0n) is 7.36. The average Bonchev–Trinajstić information content (AvgIpc) is 2.57. The Morgan fingerprint density at radius 1 is 1.38 bits per heavy atom. The maximum Gasteiger partial charge on any atom is 0.194 e. The minimum atomic E-state index is -0.455. The Balaban J connectivity index is 2.17. The lowest BCUT2D eigenvalue weighted by Crippen LogP contribution is -2.38. The fraction of sp³-hybridized carbons (Fsp3) is 0.857. The van der Waals surface area contributed by atoms with E-state index in [0.29, 0.717) is 12.4 Å². The van der Waals surface area contributed by atoms with Gasteiger partial charge in [-0.1, -0.05) is 5.21 Å². The van der Waals surface area contributed by atoms with Gasteiger partial charge in [0.1, 0.15) is 0 Å². The molecule has 3 N–H and O–H groups in total. The molecule has 0 spiro atoms. The van der Waals surface area contributed by atoms with Crippen LogP contribution in [0.1, 0.15) is 25.1 Å². The highest BCUT2D eigenvalue weighted by molar-refractivity contribution is 5.01. The zero-order chi connectivity index (χ0) is 9.15. The van der Waals surface area contributed by atoms with Crippen LogP contribution in [0.2, 0.25) is 0 Å². The van der Waals surface area contributed by atoms with Gasteiger partial charge in [-0.05, 0) is 19.3 Å². The van der Waals surface area contributed by atoms with Crippen molar-refractivity contribution in [3.05, 3.63) is 5.82 Å². The minimum Gasteiger partial charge on any atom is -0.381 e. The van der Waals surface area contributed by atoms with Crippen molar-refractivity contribution in [2.75, 3.05) is 13.2 Å². The summed E-state index contributed by atoms with van der Waals surface area (Å²) in [6.45, 7) is 1.45. The normalized spacial score (nSPS) is 29.9. The first-order chi connectivity index (χ1) is 6.31. The van der Waals surface area contributed by atoms with Gasteiger partial charge in [0, 0.05) is 13.2 Å². The zero-order valence-corrected chi connectivity index (χ0v) is 7.36. The molecular formula is C7H13N5O. The van der Waals surface area contributed by atoms with Crippen molar-refractivity contribution in [1.82, 2.24) is 20.6 Å². The van der Waals surface area contributed by atoms with E-state index in [-0.39, 0.29) is 0 Å². The summed E-state index contributed by atoms with van der Waals surface area (Å²) in [5.74, 6) is 0.595. The Morgan fingerprint density at radius 3 is 3.08 bits per heavy atom. The predicted molar refractivity (Wildman–Crippen MR) is 44.7 cm³/mol. The van der Waals surface area contributed by atoms with Crippen molar-refractivity contribution < 1.29 is 4.74 Å². The number of aromatic amines is 1. The number of hydrogen-bond acceptors (Lipinski definition) is 5. The Labute approximate surface area is 75.8 Å². The molecule has 6 heteroatoms. The van der Waals surface area contributed by atoms with Gasteiger partial charge < -0.3 is 10.5 Å². The van der Waals surface area contributed by atoms with Gasteiger partial charge in [-0.15, -0.1) is 10.2 Å². The molecule has 1 saturated heterocycles. The summed E-state index contributed by atoms with van der Waals surface area (Å²) < 4.78 is 5.32. The monoisotopic (exact) mass is 183 g/mol. The first-order valence-electron chi connectivity index (χ1n) is 4.42. The molecule has 0 aromatic carbocycles. The number of ether oxygens (including phenoxy) is 1. The van der Waals surface area contributed by atoms with Gasteiger partial charge in [0.25, 0.3) is 0 Å². The van der Waals surface area contributed by atoms with Crippen molar-refractivity contribution >= 4 is 0 Å². The highest BCUT2D eigenvalue weighted by atomic mass is 16.5. The number of H-pyrrole nitrogens is 1. The minimum absolute atomic E-state index is 0.455. The Morgan fingerprint density at radius 2 is 2.31 bits per heavy atom. The number of aromatic nitrogens is 4. The summed E-state index contributed by atoms with van der Waals surface area (Å²) >= 11 is 0. The third-order valence-electron chi connectivity index (χ3n) is 2.39. The van der Waals surface area contributed by atoms with Crippen molar-refractivity contribution in [2.24, 2.45) is 5.73 Å². The maximum absolute atomic E-state index is 6.16. The summed E-state index contributed by atoms with van der Waals surface area (Å²) in [5.41, 5.74) is 5.70. The van der Waals surface area contributed by atoms with E-state index in [9.17, 15) is 0 Å². The Hall–Kier alpha value is -1.01. The van der Waals surface area contributed by atoms with Gasteiger partial charge in [-0.2, -0.15) is 5.21 Å². The summed E-state index contributed by atoms with van der Waals surface area (Å²) in [5, 5.41) is 13.8. The van der Waals surface area contributed by atoms with E-state index >= 15 is 0 Å². The second-order valence-electron chi connectivity index (χ2n) is 3.36. The second kappa shape index (κ2) is 3.39. The molecular weight excluding hydrogens is 170 g/mol. The van der Waals surface area contributed by atoms with Crippen molar-refractivity contribution in [3.8, 4) is 0 Å². The van der Waals surface area contributed by atoms with E-state index in [4.69, 9.17) is 10.5 Å². The predicted octanol–water partition coefficient (Wildman–Crippen LogP) is -0.446. The van der Waals surface area contributed by atoms with Crippen LogP contribution in [0.25, 0.3) is 0 Å². The van der Waals surface area contributed by atoms with E-state index in [1.54, 1.807) is 0 Å². The molecule has 1 aliphatic rings. The standard InChI is InChI=1S/C7H13N5O/c8-7(6-9-11-12-10-6)2-1-4-13-5-3-7/h1-5,8H2,(H,9,10,11,12). The number of hydrogen-bond donors (Lipinski definition) is 2. The molecule has 0 amide bonds. The third-order valence-corrected chi connectivity index (χ3v) is 2.39. The molecule has 1 atom stereocenters. The molecule has 72 valence electrons. The Kier molecular flexibility index (Phi) is 2.24. The summed E-state index contributed by atoms with van der Waals surface area (Å²) in [6.07, 6.45) is 2.56. The molecule has 0 radical (unpaired) electrons. The fourth-order valence-electron chi connectivity index (χ4n) is 1.57. The molecule has 1 aromatic rings. The van der Waals surface area contributed by atoms with Crippen LogP contribution in [-0.2, 0) is 10.3 Å². The van der Waals surface area contributed by atoms with Gasteiger partial charge in [-0.25, -0.2) is 0 Å². The lowest BCUT2D eigenvalue weighted by Gasteiger charge is -2.22. The van der Waals surface area contributed by atoms with E-state index in [2.05, 4.69) is 20.6 Å². The van der Waals surface area contributed by atoms with Gasteiger partial charge in [0.2, 0.25) is 0 Å². The molecule has 0 bridgehead atoms. The number of nitrogens with one attached hydrogen (secondary N) is 1. The molecule has 0 saturated carbocycles. The molecule has 1 aromatic heterocycles. The van der Waals surface area contributed by atoms with Gasteiger partial charge in [0.05, 0.1) is 5.54 Å². The van der Waals surface area contributed by atoms with Crippen LogP contribution < -0.4 is 5.73 Å². The van der Waals surface area contributed by atoms with Crippen LogP contribution in [0.15, 0.2) is 0 Å². The molecule has 2 rings (SSSR count). The number of tetrazole rings is 1. The van der Waals surface area contributed by atoms with E-state index < -0.39 is 5.54 Å². The second-order valence-corrected chi connectivity index (χ2v) is 3.36. The topological polar surface area (TPSA) is 89.7 Å². The molecule has 13 heavy (non-hydrogen) atoms. The highest BCUT2D eigenvalue weighted by Gasteiger charge is 2.32. The van der Waals surface area contributed by atoms with Crippen LogP contribution in [0.3, 0.4) is 0 Å². The summed E-state index contributed by atoms with van der Waals surface area (Å²) in [7, 11) is 0. The SMILES string of the molecule is NC1(c2nn[nH]n2)CCCOCC1. The summed E-state index contributed by atoms with van der Waals surface area (Å²) in [6, 6.07) is 0. The lowest BCUT2D eigenvalue weighted by molar-refractivity contribution is 0.139. The van der Waals surface area contributed by atoms with Gasteiger partial charge >= 0.3 is 0 Å². The number of nitrogens with two attached hydrogens (primary N) is 1. The van der Waals surface area contributed by atoms with E-state index in [1.165, 1.54) is 0 Å². The number of nitrogens with zero attached hydrogens (tertiary/aromatic N) is 3. The molecule has 0 aliphatic carbocycles.